The quantitative estimate of drug-likeness (QED) is 0.280. The molecule has 0 amide bonds. The van der Waals surface area contributed by atoms with Gasteiger partial charge in [0, 0.05) is 18.8 Å². The SMILES string of the molecule is C.C=C(C)C(=O)OCCC[Si](C)(OCC)OCC. The Morgan fingerprint density at radius 1 is 1.22 bits per heavy atom. The van der Waals surface area contributed by atoms with Crippen molar-refractivity contribution in [3.8, 4) is 0 Å². The first-order valence-electron chi connectivity index (χ1n) is 6.05. The van der Waals surface area contributed by atoms with Crippen molar-refractivity contribution in [2.75, 3.05) is 19.8 Å². The molecule has 0 bridgehead atoms. The van der Waals surface area contributed by atoms with Gasteiger partial charge in [-0.1, -0.05) is 14.0 Å². The minimum atomic E-state index is -2.06. The number of esters is 1. The Labute approximate surface area is 113 Å². The molecule has 0 aliphatic rings. The lowest BCUT2D eigenvalue weighted by Gasteiger charge is -2.25. The third kappa shape index (κ3) is 8.44. The van der Waals surface area contributed by atoms with Gasteiger partial charge in [0.2, 0.25) is 0 Å². The van der Waals surface area contributed by atoms with Crippen molar-refractivity contribution >= 4 is 14.5 Å². The Bertz CT molecular complexity index is 247. The van der Waals surface area contributed by atoms with E-state index in [4.69, 9.17) is 13.6 Å². The van der Waals surface area contributed by atoms with Gasteiger partial charge in [0.1, 0.15) is 0 Å². The monoisotopic (exact) mass is 276 g/mol. The Morgan fingerprint density at radius 3 is 2.11 bits per heavy atom. The third-order valence-corrected chi connectivity index (χ3v) is 5.32. The molecular weight excluding hydrogens is 248 g/mol. The van der Waals surface area contributed by atoms with Gasteiger partial charge < -0.3 is 13.6 Å². The van der Waals surface area contributed by atoms with Gasteiger partial charge in [-0.3, -0.25) is 0 Å². The molecule has 18 heavy (non-hydrogen) atoms. The van der Waals surface area contributed by atoms with Crippen molar-refractivity contribution in [2.45, 2.75) is 47.2 Å². The van der Waals surface area contributed by atoms with E-state index in [1.165, 1.54) is 0 Å². The average Bonchev–Trinajstić information content (AvgIpc) is 2.24. The predicted molar refractivity (Wildman–Crippen MR) is 76.8 cm³/mol. The highest BCUT2D eigenvalue weighted by Gasteiger charge is 2.29. The summed E-state index contributed by atoms with van der Waals surface area (Å²) in [7, 11) is -2.06. The Kier molecular flexibility index (Phi) is 11.2. The molecule has 0 aliphatic heterocycles. The van der Waals surface area contributed by atoms with Crippen LogP contribution in [-0.4, -0.2) is 34.4 Å². The van der Waals surface area contributed by atoms with Gasteiger partial charge in [0.05, 0.1) is 6.61 Å². The molecule has 0 saturated heterocycles. The van der Waals surface area contributed by atoms with E-state index in [0.29, 0.717) is 25.4 Å². The van der Waals surface area contributed by atoms with Crippen LogP contribution in [0.5, 0.6) is 0 Å². The van der Waals surface area contributed by atoms with E-state index in [0.717, 1.165) is 12.5 Å². The molecule has 0 spiro atoms. The molecule has 4 nitrogen and oxygen atoms in total. The maximum atomic E-state index is 11.1. The van der Waals surface area contributed by atoms with E-state index >= 15 is 0 Å². The van der Waals surface area contributed by atoms with Crippen LogP contribution in [0.3, 0.4) is 0 Å². The standard InChI is InChI=1S/C12H24O4Si.CH4/c1-6-15-17(5,16-7-2)10-8-9-14-12(13)11(3)4;/h3,6-10H2,1-2,4-5H3;1H4. The van der Waals surface area contributed by atoms with Crippen LogP contribution in [0.2, 0.25) is 12.6 Å². The van der Waals surface area contributed by atoms with Gasteiger partial charge in [0.15, 0.2) is 0 Å². The zero-order valence-corrected chi connectivity index (χ0v) is 12.4. The normalized spacial score (nSPS) is 10.7. The number of ether oxygens (including phenoxy) is 1. The summed E-state index contributed by atoms with van der Waals surface area (Å²) in [5.41, 5.74) is 0.430. The molecule has 0 aromatic rings. The molecule has 0 aliphatic carbocycles. The maximum Gasteiger partial charge on any atom is 0.335 e. The smallest absolute Gasteiger partial charge is 0.335 e. The summed E-state index contributed by atoms with van der Waals surface area (Å²) in [6.07, 6.45) is 0.766. The predicted octanol–water partition coefficient (Wildman–Crippen LogP) is 3.28. The van der Waals surface area contributed by atoms with Crippen molar-refractivity contribution in [3.63, 3.8) is 0 Å². The summed E-state index contributed by atoms with van der Waals surface area (Å²) in [4.78, 5) is 11.1. The minimum Gasteiger partial charge on any atom is -0.462 e. The summed E-state index contributed by atoms with van der Waals surface area (Å²) in [6, 6.07) is 0.831. The lowest BCUT2D eigenvalue weighted by Crippen LogP contribution is -2.38. The molecule has 0 fully saturated rings. The van der Waals surface area contributed by atoms with Gasteiger partial charge in [-0.15, -0.1) is 0 Å². The van der Waals surface area contributed by atoms with E-state index in [-0.39, 0.29) is 13.4 Å². The molecule has 0 N–H and O–H groups in total. The number of hydrogen-bond donors (Lipinski definition) is 0. The van der Waals surface area contributed by atoms with E-state index in [2.05, 4.69) is 6.58 Å². The average molecular weight is 276 g/mol. The topological polar surface area (TPSA) is 44.8 Å². The van der Waals surface area contributed by atoms with E-state index in [9.17, 15) is 4.79 Å². The van der Waals surface area contributed by atoms with Crippen LogP contribution >= 0.6 is 0 Å². The summed E-state index contributed by atoms with van der Waals surface area (Å²) < 4.78 is 16.4. The molecule has 0 aromatic heterocycles. The van der Waals surface area contributed by atoms with Crippen LogP contribution in [0.4, 0.5) is 0 Å². The number of carbonyl (C=O) groups is 1. The second kappa shape index (κ2) is 10.3. The van der Waals surface area contributed by atoms with Gasteiger partial charge in [-0.25, -0.2) is 4.79 Å². The van der Waals surface area contributed by atoms with Crippen molar-refractivity contribution in [2.24, 2.45) is 0 Å². The molecule has 0 saturated carbocycles. The Hall–Kier alpha value is -0.653. The van der Waals surface area contributed by atoms with Crippen molar-refractivity contribution in [3.05, 3.63) is 12.2 Å². The van der Waals surface area contributed by atoms with Crippen molar-refractivity contribution in [1.29, 1.82) is 0 Å². The molecule has 0 unspecified atom stereocenters. The number of carbonyl (C=O) groups excluding carboxylic acids is 1. The summed E-state index contributed by atoms with van der Waals surface area (Å²) in [6.45, 7) is 12.9. The molecule has 108 valence electrons. The van der Waals surface area contributed by atoms with Crippen LogP contribution in [0.1, 0.15) is 34.6 Å². The van der Waals surface area contributed by atoms with Gasteiger partial charge in [-0.05, 0) is 39.8 Å². The fraction of sp³-hybridized carbons (Fsp3) is 0.769. The second-order valence-corrected chi connectivity index (χ2v) is 7.36. The summed E-state index contributed by atoms with van der Waals surface area (Å²) >= 11 is 0. The van der Waals surface area contributed by atoms with Gasteiger partial charge >= 0.3 is 14.5 Å². The van der Waals surface area contributed by atoms with Crippen molar-refractivity contribution < 1.29 is 18.4 Å². The minimum absolute atomic E-state index is 0. The molecule has 5 heteroatoms. The van der Waals surface area contributed by atoms with Crippen LogP contribution < -0.4 is 0 Å². The second-order valence-electron chi connectivity index (χ2n) is 4.02. The third-order valence-electron chi connectivity index (χ3n) is 2.26. The van der Waals surface area contributed by atoms with Crippen LogP contribution in [0, 0.1) is 0 Å². The first kappa shape index (κ1) is 19.7. The van der Waals surface area contributed by atoms with Crippen molar-refractivity contribution in [1.82, 2.24) is 0 Å². The Morgan fingerprint density at radius 2 is 1.72 bits per heavy atom. The zero-order chi connectivity index (χ0) is 13.3. The first-order chi connectivity index (χ1) is 7.95. The lowest BCUT2D eigenvalue weighted by molar-refractivity contribution is -0.138. The number of hydrogen-bond acceptors (Lipinski definition) is 4. The number of rotatable bonds is 9. The van der Waals surface area contributed by atoms with Crippen LogP contribution in [-0.2, 0) is 18.4 Å². The van der Waals surface area contributed by atoms with E-state index in [1.54, 1.807) is 6.92 Å². The van der Waals surface area contributed by atoms with Gasteiger partial charge in [0.25, 0.3) is 0 Å². The zero-order valence-electron chi connectivity index (χ0n) is 11.4. The summed E-state index contributed by atoms with van der Waals surface area (Å²) in [5, 5.41) is 0. The molecular formula is C13H28O4Si. The summed E-state index contributed by atoms with van der Waals surface area (Å²) in [5.74, 6) is -0.332. The van der Waals surface area contributed by atoms with Gasteiger partial charge in [-0.2, -0.15) is 0 Å². The van der Waals surface area contributed by atoms with Crippen LogP contribution in [0.25, 0.3) is 0 Å². The molecule has 0 radical (unpaired) electrons. The van der Waals surface area contributed by atoms with E-state index in [1.807, 2.05) is 20.4 Å². The largest absolute Gasteiger partial charge is 0.462 e. The first-order valence-corrected chi connectivity index (χ1v) is 8.58. The lowest BCUT2D eigenvalue weighted by atomic mass is 10.4. The highest BCUT2D eigenvalue weighted by molar-refractivity contribution is 6.66. The van der Waals surface area contributed by atoms with E-state index < -0.39 is 8.56 Å². The fourth-order valence-corrected chi connectivity index (χ4v) is 3.86. The molecule has 0 aromatic carbocycles. The molecule has 0 atom stereocenters. The Balaban J connectivity index is 0. The highest BCUT2D eigenvalue weighted by atomic mass is 28.4. The molecule has 0 rings (SSSR count). The highest BCUT2D eigenvalue weighted by Crippen LogP contribution is 2.16. The van der Waals surface area contributed by atoms with Crippen LogP contribution in [0.15, 0.2) is 12.2 Å². The molecule has 0 heterocycles. The fourth-order valence-electron chi connectivity index (χ4n) is 1.48. The maximum absolute atomic E-state index is 11.1.